The van der Waals surface area contributed by atoms with Crippen LogP contribution in [-0.2, 0) is 11.4 Å². The molecule has 0 unspecified atom stereocenters. The van der Waals surface area contributed by atoms with Gasteiger partial charge < -0.3 is 9.47 Å². The highest BCUT2D eigenvalue weighted by molar-refractivity contribution is 8.26. The van der Waals surface area contributed by atoms with Crippen LogP contribution in [0, 0.1) is 6.92 Å². The van der Waals surface area contributed by atoms with Crippen LogP contribution in [0.1, 0.15) is 16.7 Å². The molecule has 0 N–H and O–H groups in total. The van der Waals surface area contributed by atoms with Gasteiger partial charge in [0.25, 0.3) is 5.91 Å². The molecule has 0 saturated carbocycles. The fourth-order valence-electron chi connectivity index (χ4n) is 2.79. The van der Waals surface area contributed by atoms with Crippen molar-refractivity contribution in [3.63, 3.8) is 0 Å². The normalized spacial score (nSPS) is 15.2. The van der Waals surface area contributed by atoms with Crippen molar-refractivity contribution in [1.82, 2.24) is 4.90 Å². The highest BCUT2D eigenvalue weighted by atomic mass is 32.2. The molecular formula is C22H21NO3S2. The molecule has 2 aromatic rings. The number of amides is 1. The highest BCUT2D eigenvalue weighted by Gasteiger charge is 2.30. The molecule has 1 aliphatic heterocycles. The predicted octanol–water partition coefficient (Wildman–Crippen LogP) is 4.97. The fraction of sp³-hybridized carbons (Fsp3) is 0.182. The largest absolute Gasteiger partial charge is 0.493 e. The van der Waals surface area contributed by atoms with E-state index in [4.69, 9.17) is 21.7 Å². The molecule has 0 aromatic heterocycles. The van der Waals surface area contributed by atoms with Crippen LogP contribution in [-0.4, -0.2) is 28.8 Å². The van der Waals surface area contributed by atoms with E-state index >= 15 is 0 Å². The van der Waals surface area contributed by atoms with Crippen LogP contribution in [0.15, 0.2) is 60.0 Å². The fourth-order valence-corrected chi connectivity index (χ4v) is 4.07. The Morgan fingerprint density at radius 1 is 1.21 bits per heavy atom. The summed E-state index contributed by atoms with van der Waals surface area (Å²) < 4.78 is 11.9. The molecular weight excluding hydrogens is 390 g/mol. The zero-order chi connectivity index (χ0) is 20.1. The molecule has 28 heavy (non-hydrogen) atoms. The van der Waals surface area contributed by atoms with Gasteiger partial charge in [-0.15, -0.1) is 6.58 Å². The molecule has 4 nitrogen and oxygen atoms in total. The van der Waals surface area contributed by atoms with Gasteiger partial charge >= 0.3 is 0 Å². The number of hydrogen-bond acceptors (Lipinski definition) is 5. The van der Waals surface area contributed by atoms with Gasteiger partial charge in [0.15, 0.2) is 11.5 Å². The minimum Gasteiger partial charge on any atom is -0.493 e. The number of benzene rings is 2. The van der Waals surface area contributed by atoms with Crippen LogP contribution in [0.3, 0.4) is 0 Å². The third-order valence-corrected chi connectivity index (χ3v) is 5.53. The maximum absolute atomic E-state index is 12.5. The van der Waals surface area contributed by atoms with Gasteiger partial charge in [0.2, 0.25) is 0 Å². The molecule has 1 heterocycles. The quantitative estimate of drug-likeness (QED) is 0.365. The Morgan fingerprint density at radius 3 is 2.75 bits per heavy atom. The van der Waals surface area contributed by atoms with Gasteiger partial charge in [0, 0.05) is 6.54 Å². The Bertz CT molecular complexity index is 953. The number of hydrogen-bond donors (Lipinski definition) is 0. The maximum atomic E-state index is 12.5. The van der Waals surface area contributed by atoms with E-state index in [1.807, 2.05) is 36.4 Å². The first-order chi connectivity index (χ1) is 13.5. The van der Waals surface area contributed by atoms with Gasteiger partial charge in [0.05, 0.1) is 12.0 Å². The summed E-state index contributed by atoms with van der Waals surface area (Å²) in [5.74, 6) is 1.16. The van der Waals surface area contributed by atoms with Crippen molar-refractivity contribution in [2.75, 3.05) is 13.7 Å². The van der Waals surface area contributed by atoms with Crippen molar-refractivity contribution >= 4 is 40.3 Å². The van der Waals surface area contributed by atoms with E-state index in [-0.39, 0.29) is 5.91 Å². The molecule has 0 atom stereocenters. The van der Waals surface area contributed by atoms with Crippen LogP contribution in [0.2, 0.25) is 0 Å². The minimum absolute atomic E-state index is 0.103. The molecule has 0 spiro atoms. The van der Waals surface area contributed by atoms with Gasteiger partial charge in [-0.05, 0) is 36.3 Å². The molecule has 144 valence electrons. The maximum Gasteiger partial charge on any atom is 0.266 e. The first kappa shape index (κ1) is 20.2. The molecule has 0 radical (unpaired) electrons. The van der Waals surface area contributed by atoms with Gasteiger partial charge in [0.1, 0.15) is 10.9 Å². The lowest BCUT2D eigenvalue weighted by molar-refractivity contribution is -0.121. The van der Waals surface area contributed by atoms with Crippen LogP contribution in [0.5, 0.6) is 11.5 Å². The Labute approximate surface area is 174 Å². The van der Waals surface area contributed by atoms with Gasteiger partial charge in [-0.25, -0.2) is 0 Å². The number of carbonyl (C=O) groups is 1. The molecule has 0 aliphatic carbocycles. The SMILES string of the molecule is C=CCN1C(=O)/C(=C\c2ccc(OCc3cccc(C)c3)c(OC)c2)SC1=S. The zero-order valence-corrected chi connectivity index (χ0v) is 17.4. The van der Waals surface area contributed by atoms with E-state index in [1.165, 1.54) is 22.2 Å². The zero-order valence-electron chi connectivity index (χ0n) is 15.8. The van der Waals surface area contributed by atoms with E-state index in [9.17, 15) is 4.79 Å². The summed E-state index contributed by atoms with van der Waals surface area (Å²) in [7, 11) is 1.60. The molecule has 1 saturated heterocycles. The highest BCUT2D eigenvalue weighted by Crippen LogP contribution is 2.34. The van der Waals surface area contributed by atoms with Crippen molar-refractivity contribution < 1.29 is 14.3 Å². The molecule has 1 aliphatic rings. The van der Waals surface area contributed by atoms with E-state index in [2.05, 4.69) is 25.6 Å². The molecule has 1 amide bonds. The lowest BCUT2D eigenvalue weighted by atomic mass is 10.1. The summed E-state index contributed by atoms with van der Waals surface area (Å²) in [5.41, 5.74) is 3.13. The van der Waals surface area contributed by atoms with E-state index < -0.39 is 0 Å². The van der Waals surface area contributed by atoms with Crippen molar-refractivity contribution in [1.29, 1.82) is 0 Å². The van der Waals surface area contributed by atoms with Crippen LogP contribution in [0.25, 0.3) is 6.08 Å². The Kier molecular flexibility index (Phi) is 6.54. The summed E-state index contributed by atoms with van der Waals surface area (Å²) in [6, 6.07) is 13.8. The number of methoxy groups -OCH3 is 1. The summed E-state index contributed by atoms with van der Waals surface area (Å²) in [4.78, 5) is 14.6. The predicted molar refractivity (Wildman–Crippen MR) is 119 cm³/mol. The number of carbonyl (C=O) groups excluding carboxylic acids is 1. The van der Waals surface area contributed by atoms with Crippen LogP contribution in [0.4, 0.5) is 0 Å². The number of ether oxygens (including phenoxy) is 2. The monoisotopic (exact) mass is 411 g/mol. The smallest absolute Gasteiger partial charge is 0.266 e. The third kappa shape index (κ3) is 4.64. The number of rotatable bonds is 7. The second kappa shape index (κ2) is 9.08. The molecule has 3 rings (SSSR count). The van der Waals surface area contributed by atoms with Gasteiger partial charge in [-0.2, -0.15) is 0 Å². The average molecular weight is 412 g/mol. The second-order valence-electron chi connectivity index (χ2n) is 6.27. The van der Waals surface area contributed by atoms with Crippen molar-refractivity contribution in [2.24, 2.45) is 0 Å². The first-order valence-electron chi connectivity index (χ1n) is 8.74. The lowest BCUT2D eigenvalue weighted by Gasteiger charge is -2.12. The average Bonchev–Trinajstić information content (AvgIpc) is 2.94. The summed E-state index contributed by atoms with van der Waals surface area (Å²) in [5, 5.41) is 0. The second-order valence-corrected chi connectivity index (χ2v) is 7.94. The Hall–Kier alpha value is -2.57. The van der Waals surface area contributed by atoms with Crippen molar-refractivity contribution in [3.05, 3.63) is 76.7 Å². The van der Waals surface area contributed by atoms with Crippen LogP contribution >= 0.6 is 24.0 Å². The number of thiocarbonyl (C=S) groups is 1. The van der Waals surface area contributed by atoms with Crippen molar-refractivity contribution in [3.8, 4) is 11.5 Å². The Balaban J connectivity index is 1.77. The number of aryl methyl sites for hydroxylation is 1. The topological polar surface area (TPSA) is 38.8 Å². The summed E-state index contributed by atoms with van der Waals surface area (Å²) in [6.07, 6.45) is 3.48. The first-order valence-corrected chi connectivity index (χ1v) is 9.97. The van der Waals surface area contributed by atoms with Gasteiger partial charge in [-0.3, -0.25) is 9.69 Å². The van der Waals surface area contributed by atoms with E-state index in [1.54, 1.807) is 13.2 Å². The minimum atomic E-state index is -0.103. The standard InChI is InChI=1S/C22H21NO3S2/c1-4-10-23-21(24)20(28-22(23)27)13-16-8-9-18(19(12-16)25-3)26-14-17-7-5-6-15(2)11-17/h4-9,11-13H,1,10,14H2,2-3H3/b20-13+. The lowest BCUT2D eigenvalue weighted by Crippen LogP contribution is -2.27. The van der Waals surface area contributed by atoms with E-state index in [0.29, 0.717) is 33.9 Å². The third-order valence-electron chi connectivity index (χ3n) is 4.15. The molecule has 2 aromatic carbocycles. The molecule has 1 fully saturated rings. The number of thioether (sulfide) groups is 1. The Morgan fingerprint density at radius 2 is 2.04 bits per heavy atom. The molecule has 0 bridgehead atoms. The van der Waals surface area contributed by atoms with E-state index in [0.717, 1.165) is 11.1 Å². The molecule has 6 heteroatoms. The number of nitrogens with zero attached hydrogens (tertiary/aromatic N) is 1. The van der Waals surface area contributed by atoms with Gasteiger partial charge in [-0.1, -0.05) is 66.0 Å². The summed E-state index contributed by atoms with van der Waals surface area (Å²) in [6.45, 7) is 6.59. The van der Waals surface area contributed by atoms with Crippen molar-refractivity contribution in [2.45, 2.75) is 13.5 Å². The summed E-state index contributed by atoms with van der Waals surface area (Å²) >= 11 is 6.56. The van der Waals surface area contributed by atoms with Crippen LogP contribution < -0.4 is 9.47 Å².